The maximum Gasteiger partial charge on any atom is 3.00 e. The summed E-state index contributed by atoms with van der Waals surface area (Å²) in [6, 6.07) is 1.75. The van der Waals surface area contributed by atoms with E-state index in [1.807, 2.05) is 0 Å². The van der Waals surface area contributed by atoms with Crippen LogP contribution in [0.4, 0.5) is 0 Å². The van der Waals surface area contributed by atoms with E-state index in [9.17, 15) is 0 Å². The smallest absolute Gasteiger partial charge is 0.199 e. The summed E-state index contributed by atoms with van der Waals surface area (Å²) in [7, 11) is 0. The van der Waals surface area contributed by atoms with Crippen LogP contribution in [0.15, 0.2) is 0 Å². The minimum Gasteiger partial charge on any atom is -0.199 e. The maximum atomic E-state index is 7.32. The molecule has 0 amide bonds. The Morgan fingerprint density at radius 1 is 1.75 bits per heavy atom. The summed E-state index contributed by atoms with van der Waals surface area (Å²) >= 11 is 0. The molecule has 1 radical (unpaired) electrons. The van der Waals surface area contributed by atoms with E-state index >= 15 is 0 Å². The van der Waals surface area contributed by atoms with Gasteiger partial charge in [-0.3, -0.25) is 0 Å². The first-order valence-corrected chi connectivity index (χ1v) is 0.724. The molecule has 0 fully saturated rings. The van der Waals surface area contributed by atoms with Crippen LogP contribution in [0.2, 0.25) is 0 Å². The van der Waals surface area contributed by atoms with E-state index < -0.39 is 0 Å². The number of nitrogens with zero attached hydrogens (tertiary/aromatic N) is 1. The monoisotopic (exact) mass is 97.0 g/mol. The Kier molecular flexibility index (Phi) is 26.8. The molecule has 0 aliphatic carbocycles. The molecular formula is C2H3FeN+3. The van der Waals surface area contributed by atoms with Gasteiger partial charge >= 0.3 is 17.1 Å². The first kappa shape index (κ1) is 8.99. The van der Waals surface area contributed by atoms with Crippen LogP contribution in [0, 0.1) is 11.3 Å². The number of hydrogen-bond acceptors (Lipinski definition) is 1. The molecule has 4 heavy (non-hydrogen) atoms. The van der Waals surface area contributed by atoms with Crippen LogP contribution in [-0.2, 0) is 17.1 Å². The first-order chi connectivity index (χ1) is 1.41. The minimum atomic E-state index is 0. The summed E-state index contributed by atoms with van der Waals surface area (Å²) in [5.74, 6) is 0. The molecule has 0 spiro atoms. The minimum absolute atomic E-state index is 0. The van der Waals surface area contributed by atoms with E-state index in [2.05, 4.69) is 0 Å². The summed E-state index contributed by atoms with van der Waals surface area (Å²) in [6.45, 7) is 1.43. The van der Waals surface area contributed by atoms with E-state index in [-0.39, 0.29) is 17.1 Å². The van der Waals surface area contributed by atoms with Gasteiger partial charge in [-0.2, -0.15) is 5.26 Å². The first-order valence-electron chi connectivity index (χ1n) is 0.724. The molecule has 0 saturated carbocycles. The van der Waals surface area contributed by atoms with Gasteiger partial charge in [-0.15, -0.1) is 0 Å². The second-order valence-corrected chi connectivity index (χ2v) is 0.224. The topological polar surface area (TPSA) is 23.8 Å². The number of hydrogen-bond donors (Lipinski definition) is 0. The van der Waals surface area contributed by atoms with Crippen molar-refractivity contribution in [3.8, 4) is 6.07 Å². The maximum absolute atomic E-state index is 7.32. The fourth-order valence-corrected chi connectivity index (χ4v) is 0. The quantitative estimate of drug-likeness (QED) is 0.404. The van der Waals surface area contributed by atoms with E-state index in [4.69, 9.17) is 5.26 Å². The van der Waals surface area contributed by atoms with Gasteiger partial charge in [-0.25, -0.2) is 0 Å². The molecule has 0 heterocycles. The van der Waals surface area contributed by atoms with Gasteiger partial charge in [-0.05, 0) is 0 Å². The second-order valence-electron chi connectivity index (χ2n) is 0.224. The Balaban J connectivity index is 0. The second kappa shape index (κ2) is 11.9. The molecule has 21 valence electrons. The molecule has 0 aliphatic heterocycles. The molecule has 2 heteroatoms. The van der Waals surface area contributed by atoms with Gasteiger partial charge in [0.15, 0.2) is 0 Å². The van der Waals surface area contributed by atoms with E-state index in [1.165, 1.54) is 6.92 Å². The van der Waals surface area contributed by atoms with Gasteiger partial charge in [0.25, 0.3) is 0 Å². The van der Waals surface area contributed by atoms with Gasteiger partial charge in [0, 0.05) is 6.92 Å². The predicted molar refractivity (Wildman–Crippen MR) is 11.3 cm³/mol. The summed E-state index contributed by atoms with van der Waals surface area (Å²) in [6.07, 6.45) is 0. The van der Waals surface area contributed by atoms with Crippen LogP contribution in [0.3, 0.4) is 0 Å². The van der Waals surface area contributed by atoms with Crippen molar-refractivity contribution >= 4 is 0 Å². The van der Waals surface area contributed by atoms with Gasteiger partial charge in [-0.1, -0.05) is 0 Å². The molecule has 1 nitrogen and oxygen atoms in total. The van der Waals surface area contributed by atoms with Crippen molar-refractivity contribution in [2.24, 2.45) is 0 Å². The summed E-state index contributed by atoms with van der Waals surface area (Å²) in [5, 5.41) is 7.32. The van der Waals surface area contributed by atoms with E-state index in [0.717, 1.165) is 0 Å². The molecule has 0 atom stereocenters. The molecule has 0 aliphatic rings. The predicted octanol–water partition coefficient (Wildman–Crippen LogP) is 0.527. The zero-order chi connectivity index (χ0) is 2.71. The van der Waals surface area contributed by atoms with Crippen molar-refractivity contribution in [2.75, 3.05) is 0 Å². The molecule has 0 aromatic carbocycles. The van der Waals surface area contributed by atoms with Crippen LogP contribution in [0.5, 0.6) is 0 Å². The summed E-state index contributed by atoms with van der Waals surface area (Å²) in [4.78, 5) is 0. The van der Waals surface area contributed by atoms with E-state index in [1.54, 1.807) is 6.07 Å². The average molecular weight is 96.9 g/mol. The van der Waals surface area contributed by atoms with Gasteiger partial charge < -0.3 is 0 Å². The third kappa shape index (κ3) is 22800. The fourth-order valence-electron chi connectivity index (χ4n) is 0. The third-order valence-corrected chi connectivity index (χ3v) is 0. The van der Waals surface area contributed by atoms with Crippen LogP contribution < -0.4 is 0 Å². The molecular weight excluding hydrogens is 93.9 g/mol. The van der Waals surface area contributed by atoms with Crippen LogP contribution in [0.1, 0.15) is 6.92 Å². The molecule has 0 aromatic rings. The van der Waals surface area contributed by atoms with Crippen LogP contribution >= 0.6 is 0 Å². The molecule has 0 unspecified atom stereocenters. The largest absolute Gasteiger partial charge is 3.00 e. The summed E-state index contributed by atoms with van der Waals surface area (Å²) in [5.41, 5.74) is 0. The molecule has 0 aromatic heterocycles. The third-order valence-electron chi connectivity index (χ3n) is 0. The Morgan fingerprint density at radius 2 is 1.75 bits per heavy atom. The van der Waals surface area contributed by atoms with Crippen molar-refractivity contribution in [3.05, 3.63) is 0 Å². The Labute approximate surface area is 36.1 Å². The zero-order valence-corrected chi connectivity index (χ0v) is 3.40. The zero-order valence-electron chi connectivity index (χ0n) is 2.30. The molecule has 0 bridgehead atoms. The van der Waals surface area contributed by atoms with Crippen molar-refractivity contribution in [3.63, 3.8) is 0 Å². The fraction of sp³-hybridized carbons (Fsp3) is 0.500. The number of nitriles is 1. The molecule has 0 saturated heterocycles. The van der Waals surface area contributed by atoms with Crippen molar-refractivity contribution in [1.82, 2.24) is 0 Å². The Morgan fingerprint density at radius 3 is 1.75 bits per heavy atom. The Bertz CT molecular complexity index is 27.5. The molecule has 0 rings (SSSR count). The SMILES string of the molecule is CC#N.[Fe+3]. The summed E-state index contributed by atoms with van der Waals surface area (Å²) < 4.78 is 0. The van der Waals surface area contributed by atoms with Gasteiger partial charge in [0.2, 0.25) is 0 Å². The van der Waals surface area contributed by atoms with Gasteiger partial charge in [0.05, 0.1) is 6.07 Å². The normalized spacial score (nSPS) is 2.00. The average Bonchev–Trinajstić information content (AvgIpc) is 0.918. The van der Waals surface area contributed by atoms with Crippen LogP contribution in [-0.4, -0.2) is 0 Å². The molecule has 0 N–H and O–H groups in total. The van der Waals surface area contributed by atoms with Crippen molar-refractivity contribution in [1.29, 1.82) is 5.26 Å². The number of rotatable bonds is 0. The Hall–Kier alpha value is 0.00948. The van der Waals surface area contributed by atoms with E-state index in [0.29, 0.717) is 0 Å². The van der Waals surface area contributed by atoms with Crippen LogP contribution in [0.25, 0.3) is 0 Å². The van der Waals surface area contributed by atoms with Gasteiger partial charge in [0.1, 0.15) is 0 Å². The standard InChI is InChI=1S/C2H3N.Fe/c1-2-3;/h1H3;/q;+3. The van der Waals surface area contributed by atoms with Crippen molar-refractivity contribution in [2.45, 2.75) is 6.92 Å². The van der Waals surface area contributed by atoms with Crippen molar-refractivity contribution < 1.29 is 17.1 Å².